The van der Waals surface area contributed by atoms with Crippen LogP contribution in [0.25, 0.3) is 0 Å². The highest BCUT2D eigenvalue weighted by atomic mass is 16.3. The zero-order chi connectivity index (χ0) is 6.85. The number of hydrogen-bond acceptors (Lipinski definition) is 1. The molecule has 0 aromatic heterocycles. The first-order valence-corrected chi connectivity index (χ1v) is 3.88. The minimum Gasteiger partial charge on any atom is -0.393 e. The van der Waals surface area contributed by atoms with Crippen LogP contribution >= 0.6 is 0 Å². The van der Waals surface area contributed by atoms with Crippen molar-refractivity contribution in [3.05, 3.63) is 0 Å². The Morgan fingerprint density at radius 1 is 1.22 bits per heavy atom. The second-order valence-corrected chi connectivity index (χ2v) is 3.46. The maximum absolute atomic E-state index is 9.30. The van der Waals surface area contributed by atoms with E-state index >= 15 is 0 Å². The summed E-state index contributed by atoms with van der Waals surface area (Å²) in [5, 5.41) is 9.30. The van der Waals surface area contributed by atoms with Crippen LogP contribution in [0, 0.1) is 11.8 Å². The van der Waals surface area contributed by atoms with Crippen molar-refractivity contribution in [1.29, 1.82) is 0 Å². The van der Waals surface area contributed by atoms with E-state index in [9.17, 15) is 5.11 Å². The van der Waals surface area contributed by atoms with Gasteiger partial charge in [-0.15, -0.1) is 0 Å². The van der Waals surface area contributed by atoms with E-state index < -0.39 is 0 Å². The van der Waals surface area contributed by atoms with Gasteiger partial charge in [0.1, 0.15) is 0 Å². The molecule has 9 heavy (non-hydrogen) atoms. The standard InChI is InChI=1S/C8H16O/c1-6-3-4-8(9)7(2)5-6/h6-9H,3-5H2,1-2H3/t6-,7+,8+/m0/s1. The zero-order valence-electron chi connectivity index (χ0n) is 6.30. The molecule has 1 heteroatoms. The Morgan fingerprint density at radius 2 is 1.89 bits per heavy atom. The van der Waals surface area contributed by atoms with Gasteiger partial charge in [0.25, 0.3) is 0 Å². The lowest BCUT2D eigenvalue weighted by molar-refractivity contribution is 0.0611. The molecule has 0 saturated heterocycles. The molecule has 0 heterocycles. The van der Waals surface area contributed by atoms with Gasteiger partial charge < -0.3 is 5.11 Å². The molecule has 0 aromatic rings. The number of hydrogen-bond donors (Lipinski definition) is 1. The van der Waals surface area contributed by atoms with Gasteiger partial charge >= 0.3 is 0 Å². The van der Waals surface area contributed by atoms with Crippen molar-refractivity contribution in [3.63, 3.8) is 0 Å². The maximum Gasteiger partial charge on any atom is 0.0566 e. The van der Waals surface area contributed by atoms with Gasteiger partial charge in [-0.1, -0.05) is 13.8 Å². The Bertz CT molecular complexity index is 90.6. The first-order valence-electron chi connectivity index (χ1n) is 3.88. The van der Waals surface area contributed by atoms with Gasteiger partial charge in [-0.2, -0.15) is 0 Å². The predicted molar refractivity (Wildman–Crippen MR) is 38.2 cm³/mol. The maximum atomic E-state index is 9.30. The van der Waals surface area contributed by atoms with Crippen LogP contribution in [0.15, 0.2) is 0 Å². The monoisotopic (exact) mass is 128 g/mol. The molecule has 0 bridgehead atoms. The van der Waals surface area contributed by atoms with Crippen LogP contribution in [0.4, 0.5) is 0 Å². The molecule has 0 spiro atoms. The Labute approximate surface area is 57.1 Å². The molecule has 0 aromatic carbocycles. The van der Waals surface area contributed by atoms with E-state index in [1.165, 1.54) is 12.8 Å². The second kappa shape index (κ2) is 2.70. The Balaban J connectivity index is 2.35. The van der Waals surface area contributed by atoms with Gasteiger partial charge in [0.2, 0.25) is 0 Å². The van der Waals surface area contributed by atoms with Gasteiger partial charge in [-0.05, 0) is 31.1 Å². The van der Waals surface area contributed by atoms with E-state index in [0.29, 0.717) is 5.92 Å². The van der Waals surface area contributed by atoms with Crippen LogP contribution in [-0.4, -0.2) is 11.2 Å². The Hall–Kier alpha value is -0.0400. The average Bonchev–Trinajstić information content (AvgIpc) is 1.80. The van der Waals surface area contributed by atoms with Crippen molar-refractivity contribution < 1.29 is 5.11 Å². The molecule has 0 radical (unpaired) electrons. The van der Waals surface area contributed by atoms with Crippen LogP contribution in [0.1, 0.15) is 33.1 Å². The largest absolute Gasteiger partial charge is 0.393 e. The molecule has 3 atom stereocenters. The Kier molecular flexibility index (Phi) is 2.12. The number of rotatable bonds is 0. The molecule has 1 fully saturated rings. The molecular weight excluding hydrogens is 112 g/mol. The summed E-state index contributed by atoms with van der Waals surface area (Å²) in [4.78, 5) is 0. The van der Waals surface area contributed by atoms with Gasteiger partial charge in [0.15, 0.2) is 0 Å². The van der Waals surface area contributed by atoms with Gasteiger partial charge in [-0.25, -0.2) is 0 Å². The van der Waals surface area contributed by atoms with Gasteiger partial charge in [0, 0.05) is 0 Å². The van der Waals surface area contributed by atoms with Gasteiger partial charge in [-0.3, -0.25) is 0 Å². The average molecular weight is 128 g/mol. The third-order valence-corrected chi connectivity index (χ3v) is 2.39. The minimum absolute atomic E-state index is 0.0128. The molecule has 0 unspecified atom stereocenters. The minimum atomic E-state index is -0.0128. The first-order chi connectivity index (χ1) is 4.20. The normalized spacial score (nSPS) is 45.0. The van der Waals surface area contributed by atoms with Crippen molar-refractivity contribution in [1.82, 2.24) is 0 Å². The molecule has 0 aliphatic heterocycles. The van der Waals surface area contributed by atoms with E-state index in [4.69, 9.17) is 0 Å². The molecule has 1 aliphatic carbocycles. The van der Waals surface area contributed by atoms with Crippen LogP contribution in [-0.2, 0) is 0 Å². The van der Waals surface area contributed by atoms with Crippen molar-refractivity contribution in [2.75, 3.05) is 0 Å². The quantitative estimate of drug-likeness (QED) is 0.527. The smallest absolute Gasteiger partial charge is 0.0566 e. The lowest BCUT2D eigenvalue weighted by Crippen LogP contribution is -2.25. The van der Waals surface area contributed by atoms with Gasteiger partial charge in [0.05, 0.1) is 6.10 Å². The van der Waals surface area contributed by atoms with Crippen LogP contribution in [0.3, 0.4) is 0 Å². The fraction of sp³-hybridized carbons (Fsp3) is 1.00. The summed E-state index contributed by atoms with van der Waals surface area (Å²) in [6, 6.07) is 0. The molecule has 0 amide bonds. The van der Waals surface area contributed by atoms with E-state index in [-0.39, 0.29) is 6.10 Å². The van der Waals surface area contributed by atoms with E-state index in [1.807, 2.05) is 0 Å². The summed E-state index contributed by atoms with van der Waals surface area (Å²) in [5.74, 6) is 1.37. The summed E-state index contributed by atoms with van der Waals surface area (Å²) in [7, 11) is 0. The summed E-state index contributed by atoms with van der Waals surface area (Å²) in [6.07, 6.45) is 3.43. The highest BCUT2D eigenvalue weighted by Crippen LogP contribution is 2.28. The lowest BCUT2D eigenvalue weighted by atomic mass is 9.81. The SMILES string of the molecule is C[C@H]1CC[C@@H](O)[C@H](C)C1. The summed E-state index contributed by atoms with van der Waals surface area (Å²) in [5.41, 5.74) is 0. The van der Waals surface area contributed by atoms with Crippen LogP contribution in [0.5, 0.6) is 0 Å². The van der Waals surface area contributed by atoms with Crippen LogP contribution < -0.4 is 0 Å². The fourth-order valence-electron chi connectivity index (χ4n) is 1.65. The first kappa shape index (κ1) is 7.07. The molecule has 1 nitrogen and oxygen atoms in total. The molecule has 1 rings (SSSR count). The third kappa shape index (κ3) is 1.68. The highest BCUT2D eigenvalue weighted by Gasteiger charge is 2.22. The predicted octanol–water partition coefficient (Wildman–Crippen LogP) is 1.80. The third-order valence-electron chi connectivity index (χ3n) is 2.39. The topological polar surface area (TPSA) is 20.2 Å². The molecule has 1 N–H and O–H groups in total. The number of aliphatic hydroxyl groups is 1. The molecule has 54 valence electrons. The fourth-order valence-corrected chi connectivity index (χ4v) is 1.65. The van der Waals surface area contributed by atoms with E-state index in [2.05, 4.69) is 13.8 Å². The van der Waals surface area contributed by atoms with Crippen molar-refractivity contribution in [2.24, 2.45) is 11.8 Å². The lowest BCUT2D eigenvalue weighted by Gasteiger charge is -2.28. The highest BCUT2D eigenvalue weighted by molar-refractivity contribution is 4.74. The van der Waals surface area contributed by atoms with E-state index in [1.54, 1.807) is 0 Å². The zero-order valence-corrected chi connectivity index (χ0v) is 6.30. The summed E-state index contributed by atoms with van der Waals surface area (Å²) >= 11 is 0. The Morgan fingerprint density at radius 3 is 2.33 bits per heavy atom. The van der Waals surface area contributed by atoms with Crippen molar-refractivity contribution in [2.45, 2.75) is 39.2 Å². The van der Waals surface area contributed by atoms with E-state index in [0.717, 1.165) is 12.3 Å². The summed E-state index contributed by atoms with van der Waals surface area (Å²) in [6.45, 7) is 4.41. The van der Waals surface area contributed by atoms with Crippen molar-refractivity contribution >= 4 is 0 Å². The van der Waals surface area contributed by atoms with Crippen molar-refractivity contribution in [3.8, 4) is 0 Å². The molecular formula is C8H16O. The molecule has 1 saturated carbocycles. The summed E-state index contributed by atoms with van der Waals surface area (Å²) < 4.78 is 0. The molecule has 1 aliphatic rings. The second-order valence-electron chi connectivity index (χ2n) is 3.46. The van der Waals surface area contributed by atoms with Crippen LogP contribution in [0.2, 0.25) is 0 Å². The number of aliphatic hydroxyl groups excluding tert-OH is 1.